The first-order chi connectivity index (χ1) is 7.04. The first-order valence-corrected chi connectivity index (χ1v) is 5.10. The number of terminal acetylenes is 1. The lowest BCUT2D eigenvalue weighted by atomic mass is 10.2. The van der Waals surface area contributed by atoms with E-state index in [0.717, 1.165) is 6.54 Å². The smallest absolute Gasteiger partial charge is 0.234 e. The number of likely N-dealkylation sites (N-methyl/N-ethyl adjacent to an activating group) is 1. The summed E-state index contributed by atoms with van der Waals surface area (Å²) in [4.78, 5) is 15.3. The number of β-amino-alcohol motifs (C(OH)–C–C–N with tert-alkyl or cyclic N) is 1. The van der Waals surface area contributed by atoms with Gasteiger partial charge < -0.3 is 14.9 Å². The number of amides is 1. The standard InChI is InChI=1S/C11H18N2O2/c1-4-5-11(15)13-8-10(14)6-9(13)7-12(2)3/h1,9-10,14H,5-8H2,2-3H3. The molecule has 0 bridgehead atoms. The maximum absolute atomic E-state index is 11.6. The summed E-state index contributed by atoms with van der Waals surface area (Å²) >= 11 is 0. The highest BCUT2D eigenvalue weighted by Crippen LogP contribution is 2.19. The zero-order chi connectivity index (χ0) is 11.4. The fourth-order valence-electron chi connectivity index (χ4n) is 1.98. The van der Waals surface area contributed by atoms with Gasteiger partial charge in [-0.05, 0) is 20.5 Å². The number of nitrogens with zero attached hydrogens (tertiary/aromatic N) is 2. The molecule has 0 spiro atoms. The minimum absolute atomic E-state index is 0.0547. The van der Waals surface area contributed by atoms with Crippen LogP contribution < -0.4 is 0 Å². The van der Waals surface area contributed by atoms with Crippen LogP contribution in [-0.4, -0.2) is 60.1 Å². The van der Waals surface area contributed by atoms with E-state index in [1.54, 1.807) is 4.90 Å². The molecule has 0 aliphatic carbocycles. The Hall–Kier alpha value is -1.05. The Bertz CT molecular complexity index is 270. The van der Waals surface area contributed by atoms with Gasteiger partial charge in [0.2, 0.25) is 5.91 Å². The first-order valence-electron chi connectivity index (χ1n) is 5.10. The number of rotatable bonds is 3. The average Bonchev–Trinajstić information content (AvgIpc) is 2.46. The summed E-state index contributed by atoms with van der Waals surface area (Å²) in [7, 11) is 3.91. The molecule has 1 N–H and O–H groups in total. The lowest BCUT2D eigenvalue weighted by Crippen LogP contribution is -2.41. The van der Waals surface area contributed by atoms with Crippen molar-refractivity contribution < 1.29 is 9.90 Å². The van der Waals surface area contributed by atoms with Gasteiger partial charge in [0.1, 0.15) is 0 Å². The van der Waals surface area contributed by atoms with E-state index in [9.17, 15) is 9.90 Å². The quantitative estimate of drug-likeness (QED) is 0.641. The molecule has 2 atom stereocenters. The molecule has 1 aliphatic rings. The summed E-state index contributed by atoms with van der Waals surface area (Å²) in [5.41, 5.74) is 0. The zero-order valence-electron chi connectivity index (χ0n) is 9.31. The Kier molecular flexibility index (Phi) is 4.13. The monoisotopic (exact) mass is 210 g/mol. The fourth-order valence-corrected chi connectivity index (χ4v) is 1.98. The van der Waals surface area contributed by atoms with Crippen molar-refractivity contribution >= 4 is 5.91 Å². The number of aliphatic hydroxyl groups excluding tert-OH is 1. The summed E-state index contributed by atoms with van der Waals surface area (Å²) in [6.45, 7) is 1.19. The fraction of sp³-hybridized carbons (Fsp3) is 0.727. The number of carbonyl (C=O) groups excluding carboxylic acids is 1. The predicted molar refractivity (Wildman–Crippen MR) is 58.1 cm³/mol. The summed E-state index contributed by atoms with van der Waals surface area (Å²) in [6.07, 6.45) is 5.47. The molecule has 1 heterocycles. The van der Waals surface area contributed by atoms with Crippen LogP contribution >= 0.6 is 0 Å². The molecule has 0 radical (unpaired) electrons. The maximum atomic E-state index is 11.6. The molecule has 84 valence electrons. The van der Waals surface area contributed by atoms with E-state index < -0.39 is 6.10 Å². The van der Waals surface area contributed by atoms with Gasteiger partial charge in [0.25, 0.3) is 0 Å². The second kappa shape index (κ2) is 5.15. The van der Waals surface area contributed by atoms with Gasteiger partial charge in [-0.1, -0.05) is 5.92 Å². The molecular formula is C11H18N2O2. The van der Waals surface area contributed by atoms with Crippen molar-refractivity contribution in [2.75, 3.05) is 27.2 Å². The van der Waals surface area contributed by atoms with Gasteiger partial charge in [-0.15, -0.1) is 6.42 Å². The predicted octanol–water partition coefficient (Wildman–Crippen LogP) is -0.467. The molecule has 1 amide bonds. The van der Waals surface area contributed by atoms with Crippen molar-refractivity contribution in [3.05, 3.63) is 0 Å². The highest BCUT2D eigenvalue weighted by Gasteiger charge is 2.33. The molecule has 1 aliphatic heterocycles. The van der Waals surface area contributed by atoms with Crippen LogP contribution in [0, 0.1) is 12.3 Å². The highest BCUT2D eigenvalue weighted by atomic mass is 16.3. The first kappa shape index (κ1) is 12.0. The highest BCUT2D eigenvalue weighted by molar-refractivity contribution is 5.79. The van der Waals surface area contributed by atoms with E-state index in [0.29, 0.717) is 13.0 Å². The second-order valence-corrected chi connectivity index (χ2v) is 4.23. The van der Waals surface area contributed by atoms with E-state index in [4.69, 9.17) is 6.42 Å². The van der Waals surface area contributed by atoms with Gasteiger partial charge in [-0.3, -0.25) is 4.79 Å². The molecule has 4 nitrogen and oxygen atoms in total. The molecule has 0 aromatic rings. The molecule has 1 rings (SSSR count). The van der Waals surface area contributed by atoms with E-state index in [2.05, 4.69) is 5.92 Å². The number of hydrogen-bond acceptors (Lipinski definition) is 3. The van der Waals surface area contributed by atoms with Crippen molar-refractivity contribution in [2.24, 2.45) is 0 Å². The largest absolute Gasteiger partial charge is 0.391 e. The van der Waals surface area contributed by atoms with Crippen LogP contribution in [0.3, 0.4) is 0 Å². The minimum atomic E-state index is -0.406. The van der Waals surface area contributed by atoms with E-state index in [1.165, 1.54) is 0 Å². The molecule has 2 unspecified atom stereocenters. The molecule has 4 heteroatoms. The van der Waals surface area contributed by atoms with Gasteiger partial charge in [-0.25, -0.2) is 0 Å². The van der Waals surface area contributed by atoms with Crippen molar-refractivity contribution in [3.8, 4) is 12.3 Å². The van der Waals surface area contributed by atoms with Crippen LogP contribution in [0.1, 0.15) is 12.8 Å². The van der Waals surface area contributed by atoms with Crippen LogP contribution in [0.25, 0.3) is 0 Å². The van der Waals surface area contributed by atoms with Crippen molar-refractivity contribution in [2.45, 2.75) is 25.0 Å². The topological polar surface area (TPSA) is 43.8 Å². The molecule has 0 saturated carbocycles. The van der Waals surface area contributed by atoms with Crippen LogP contribution in [0.4, 0.5) is 0 Å². The Morgan fingerprint density at radius 3 is 2.87 bits per heavy atom. The summed E-state index contributed by atoms with van der Waals surface area (Å²) in [5, 5.41) is 9.54. The molecule has 1 saturated heterocycles. The van der Waals surface area contributed by atoms with Crippen LogP contribution in [-0.2, 0) is 4.79 Å². The maximum Gasteiger partial charge on any atom is 0.234 e. The Morgan fingerprint density at radius 1 is 1.67 bits per heavy atom. The van der Waals surface area contributed by atoms with Crippen LogP contribution in [0.5, 0.6) is 0 Å². The van der Waals surface area contributed by atoms with Crippen LogP contribution in [0.2, 0.25) is 0 Å². The molecule has 0 aromatic carbocycles. The van der Waals surface area contributed by atoms with Gasteiger partial charge in [0.05, 0.1) is 12.5 Å². The Balaban J connectivity index is 2.60. The molecule has 1 fully saturated rings. The van der Waals surface area contributed by atoms with Gasteiger partial charge in [0.15, 0.2) is 0 Å². The number of likely N-dealkylation sites (tertiary alicyclic amines) is 1. The van der Waals surface area contributed by atoms with Gasteiger partial charge in [-0.2, -0.15) is 0 Å². The van der Waals surface area contributed by atoms with Crippen molar-refractivity contribution in [3.63, 3.8) is 0 Å². The number of aliphatic hydroxyl groups is 1. The normalized spacial score (nSPS) is 25.7. The Labute approximate surface area is 90.9 Å². The average molecular weight is 210 g/mol. The van der Waals surface area contributed by atoms with Gasteiger partial charge >= 0.3 is 0 Å². The second-order valence-electron chi connectivity index (χ2n) is 4.23. The SMILES string of the molecule is C#CCC(=O)N1CC(O)CC1CN(C)C. The summed E-state index contributed by atoms with van der Waals surface area (Å²) in [5.74, 6) is 2.29. The lowest BCUT2D eigenvalue weighted by Gasteiger charge is -2.26. The Morgan fingerprint density at radius 2 is 2.33 bits per heavy atom. The van der Waals surface area contributed by atoms with E-state index in [-0.39, 0.29) is 18.4 Å². The van der Waals surface area contributed by atoms with Crippen molar-refractivity contribution in [1.82, 2.24) is 9.80 Å². The summed E-state index contributed by atoms with van der Waals surface area (Å²) in [6, 6.07) is 0.0934. The summed E-state index contributed by atoms with van der Waals surface area (Å²) < 4.78 is 0. The van der Waals surface area contributed by atoms with Gasteiger partial charge in [0, 0.05) is 19.1 Å². The lowest BCUT2D eigenvalue weighted by molar-refractivity contribution is -0.131. The minimum Gasteiger partial charge on any atom is -0.391 e. The van der Waals surface area contributed by atoms with Crippen LogP contribution in [0.15, 0.2) is 0 Å². The third-order valence-corrected chi connectivity index (χ3v) is 2.54. The molecule has 15 heavy (non-hydrogen) atoms. The molecular weight excluding hydrogens is 192 g/mol. The van der Waals surface area contributed by atoms with E-state index >= 15 is 0 Å². The zero-order valence-corrected chi connectivity index (χ0v) is 9.31. The number of carbonyl (C=O) groups is 1. The third-order valence-electron chi connectivity index (χ3n) is 2.54. The van der Waals surface area contributed by atoms with E-state index in [1.807, 2.05) is 19.0 Å². The van der Waals surface area contributed by atoms with Crippen molar-refractivity contribution in [1.29, 1.82) is 0 Å². The third kappa shape index (κ3) is 3.22. The molecule has 0 aromatic heterocycles. The number of hydrogen-bond donors (Lipinski definition) is 1.